The highest BCUT2D eigenvalue weighted by atomic mass is 35.5. The van der Waals surface area contributed by atoms with E-state index in [0.717, 1.165) is 12.1 Å². The van der Waals surface area contributed by atoms with Crippen LogP contribution in [-0.4, -0.2) is 44.3 Å². The maximum Gasteiger partial charge on any atom is 0.418 e. The van der Waals surface area contributed by atoms with E-state index >= 15 is 0 Å². The molecule has 0 spiro atoms. The third-order valence-electron chi connectivity index (χ3n) is 4.54. The Labute approximate surface area is 200 Å². The highest BCUT2D eigenvalue weighted by molar-refractivity contribution is 7.89. The smallest absolute Gasteiger partial charge is 0.418 e. The van der Waals surface area contributed by atoms with Crippen molar-refractivity contribution in [3.63, 3.8) is 0 Å². The van der Waals surface area contributed by atoms with E-state index < -0.39 is 45.9 Å². The summed E-state index contributed by atoms with van der Waals surface area (Å²) in [5.41, 5.74) is -1.16. The molecule has 0 fully saturated rings. The first-order valence-corrected chi connectivity index (χ1v) is 11.8. The van der Waals surface area contributed by atoms with E-state index in [9.17, 15) is 31.2 Å². The first-order valence-electron chi connectivity index (χ1n) is 10.00. The predicted octanol–water partition coefficient (Wildman–Crippen LogP) is 4.58. The van der Waals surface area contributed by atoms with Gasteiger partial charge in [0.1, 0.15) is 0 Å². The van der Waals surface area contributed by atoms with Crippen LogP contribution < -0.4 is 5.32 Å². The topological polar surface area (TPSA) is 92.8 Å². The van der Waals surface area contributed by atoms with Gasteiger partial charge in [-0.15, -0.1) is 0 Å². The molecule has 184 valence electrons. The number of alkyl halides is 3. The SMILES string of the molecule is CCN(CC)S(=O)(=O)c1ccc(C=CC(=O)OCC(=O)Nc2ccc(Cl)cc2C(F)(F)F)cc1. The van der Waals surface area contributed by atoms with Crippen LogP contribution in [0.15, 0.2) is 53.4 Å². The third-order valence-corrected chi connectivity index (χ3v) is 6.84. The number of carbonyl (C=O) groups is 2. The van der Waals surface area contributed by atoms with Crippen LogP contribution in [0.2, 0.25) is 5.02 Å². The van der Waals surface area contributed by atoms with E-state index in [1.54, 1.807) is 13.8 Å². The van der Waals surface area contributed by atoms with Crippen molar-refractivity contribution in [1.82, 2.24) is 4.31 Å². The monoisotopic (exact) mass is 518 g/mol. The molecule has 34 heavy (non-hydrogen) atoms. The van der Waals surface area contributed by atoms with Crippen LogP contribution in [0.3, 0.4) is 0 Å². The molecule has 0 unspecified atom stereocenters. The number of sulfonamides is 1. The number of nitrogens with one attached hydrogen (secondary N) is 1. The average molecular weight is 519 g/mol. The van der Waals surface area contributed by atoms with E-state index in [0.29, 0.717) is 24.7 Å². The minimum atomic E-state index is -4.74. The average Bonchev–Trinajstić information content (AvgIpc) is 2.77. The van der Waals surface area contributed by atoms with Crippen LogP contribution in [-0.2, 0) is 30.5 Å². The van der Waals surface area contributed by atoms with Crippen molar-refractivity contribution in [1.29, 1.82) is 0 Å². The number of anilines is 1. The molecule has 0 saturated heterocycles. The summed E-state index contributed by atoms with van der Waals surface area (Å²) in [6.07, 6.45) is -2.40. The van der Waals surface area contributed by atoms with Gasteiger partial charge in [-0.3, -0.25) is 4.79 Å². The second-order valence-corrected chi connectivity index (χ2v) is 9.21. The molecule has 2 rings (SSSR count). The Bertz CT molecular complexity index is 1160. The number of hydrogen-bond acceptors (Lipinski definition) is 5. The second-order valence-electron chi connectivity index (χ2n) is 6.84. The molecule has 0 aromatic heterocycles. The molecule has 0 aliphatic carbocycles. The first kappa shape index (κ1) is 27.4. The summed E-state index contributed by atoms with van der Waals surface area (Å²) in [7, 11) is -3.61. The lowest BCUT2D eigenvalue weighted by Crippen LogP contribution is -2.30. The predicted molar refractivity (Wildman–Crippen MR) is 122 cm³/mol. The summed E-state index contributed by atoms with van der Waals surface area (Å²) in [6, 6.07) is 8.63. The van der Waals surface area contributed by atoms with Gasteiger partial charge in [0.05, 0.1) is 16.1 Å². The van der Waals surface area contributed by atoms with Crippen molar-refractivity contribution in [2.24, 2.45) is 0 Å². The minimum absolute atomic E-state index is 0.105. The summed E-state index contributed by atoms with van der Waals surface area (Å²) in [5.74, 6) is -1.89. The minimum Gasteiger partial charge on any atom is -0.452 e. The van der Waals surface area contributed by atoms with Crippen LogP contribution in [0.1, 0.15) is 25.0 Å². The quantitative estimate of drug-likeness (QED) is 0.387. The number of amides is 1. The number of hydrogen-bond donors (Lipinski definition) is 1. The van der Waals surface area contributed by atoms with Crippen LogP contribution >= 0.6 is 11.6 Å². The molecule has 0 saturated carbocycles. The van der Waals surface area contributed by atoms with Gasteiger partial charge in [0, 0.05) is 24.2 Å². The maximum absolute atomic E-state index is 13.1. The van der Waals surface area contributed by atoms with Crippen molar-refractivity contribution in [3.8, 4) is 0 Å². The Morgan fingerprint density at radius 1 is 1.09 bits per heavy atom. The lowest BCUT2D eigenvalue weighted by Gasteiger charge is -2.18. The lowest BCUT2D eigenvalue weighted by molar-refractivity contribution is -0.142. The molecule has 2 aromatic carbocycles. The summed E-state index contributed by atoms with van der Waals surface area (Å²) < 4.78 is 70.2. The molecule has 0 bridgehead atoms. The van der Waals surface area contributed by atoms with Crippen molar-refractivity contribution < 1.29 is 35.9 Å². The van der Waals surface area contributed by atoms with Gasteiger partial charge in [-0.2, -0.15) is 17.5 Å². The fourth-order valence-corrected chi connectivity index (χ4v) is 4.49. The van der Waals surface area contributed by atoms with Gasteiger partial charge in [0.25, 0.3) is 5.91 Å². The number of ether oxygens (including phenoxy) is 1. The molecule has 0 aliphatic heterocycles. The molecular formula is C22H22ClF3N2O5S. The molecule has 0 atom stereocenters. The van der Waals surface area contributed by atoms with Gasteiger partial charge < -0.3 is 10.1 Å². The zero-order chi connectivity index (χ0) is 25.5. The number of rotatable bonds is 9. The van der Waals surface area contributed by atoms with E-state index in [1.807, 2.05) is 5.32 Å². The van der Waals surface area contributed by atoms with Gasteiger partial charge in [-0.05, 0) is 42.0 Å². The van der Waals surface area contributed by atoms with Gasteiger partial charge in [0.2, 0.25) is 10.0 Å². The van der Waals surface area contributed by atoms with Gasteiger partial charge in [-0.25, -0.2) is 13.2 Å². The maximum atomic E-state index is 13.1. The zero-order valence-electron chi connectivity index (χ0n) is 18.2. The highest BCUT2D eigenvalue weighted by Crippen LogP contribution is 2.36. The largest absolute Gasteiger partial charge is 0.452 e. The fraction of sp³-hybridized carbons (Fsp3) is 0.273. The van der Waals surface area contributed by atoms with Crippen LogP contribution in [0.25, 0.3) is 6.08 Å². The van der Waals surface area contributed by atoms with Gasteiger partial charge in [0.15, 0.2) is 6.61 Å². The molecular weight excluding hydrogens is 497 g/mol. The zero-order valence-corrected chi connectivity index (χ0v) is 19.8. The standard InChI is InChI=1S/C22H22ClF3N2O5S/c1-3-28(4-2)34(31,32)17-9-5-15(6-10-17)7-12-21(30)33-14-20(29)27-19-11-8-16(23)13-18(19)22(24,25)26/h5-13H,3-4,14H2,1-2H3,(H,27,29). The molecule has 12 heteroatoms. The Balaban J connectivity index is 1.96. The fourth-order valence-electron chi connectivity index (χ4n) is 2.86. The van der Waals surface area contributed by atoms with Crippen LogP contribution in [0.4, 0.5) is 18.9 Å². The highest BCUT2D eigenvalue weighted by Gasteiger charge is 2.34. The summed E-state index contributed by atoms with van der Waals surface area (Å²) in [5, 5.41) is 1.88. The molecule has 0 heterocycles. The first-order chi connectivity index (χ1) is 15.9. The van der Waals surface area contributed by atoms with E-state index in [2.05, 4.69) is 0 Å². The van der Waals surface area contributed by atoms with Gasteiger partial charge >= 0.3 is 12.1 Å². The summed E-state index contributed by atoms with van der Waals surface area (Å²) in [4.78, 5) is 23.9. The van der Waals surface area contributed by atoms with Crippen LogP contribution in [0.5, 0.6) is 0 Å². The molecule has 0 radical (unpaired) electrons. The molecule has 7 nitrogen and oxygen atoms in total. The van der Waals surface area contributed by atoms with Gasteiger partial charge in [-0.1, -0.05) is 37.6 Å². The summed E-state index contributed by atoms with van der Waals surface area (Å²) >= 11 is 5.58. The Morgan fingerprint density at radius 2 is 1.71 bits per heavy atom. The Hall–Kier alpha value is -2.89. The number of carbonyl (C=O) groups excluding carboxylic acids is 2. The van der Waals surface area contributed by atoms with Crippen molar-refractivity contribution >= 4 is 45.3 Å². The molecule has 2 aromatic rings. The molecule has 0 aliphatic rings. The molecule has 1 amide bonds. The number of halogens is 4. The third kappa shape index (κ3) is 7.31. The second kappa shape index (κ2) is 11.5. The Kier molecular flexibility index (Phi) is 9.25. The van der Waals surface area contributed by atoms with Crippen molar-refractivity contribution in [2.75, 3.05) is 25.0 Å². The Morgan fingerprint density at radius 3 is 2.26 bits per heavy atom. The van der Waals surface area contributed by atoms with Crippen LogP contribution in [0, 0.1) is 0 Å². The van der Waals surface area contributed by atoms with Crippen molar-refractivity contribution in [2.45, 2.75) is 24.9 Å². The normalized spacial score (nSPS) is 12.2. The van der Waals surface area contributed by atoms with E-state index in [1.165, 1.54) is 40.7 Å². The molecule has 1 N–H and O–H groups in total. The van der Waals surface area contributed by atoms with E-state index in [4.69, 9.17) is 16.3 Å². The van der Waals surface area contributed by atoms with E-state index in [-0.39, 0.29) is 9.92 Å². The summed E-state index contributed by atoms with van der Waals surface area (Å²) in [6.45, 7) is 3.30. The number of nitrogens with zero attached hydrogens (tertiary/aromatic N) is 1. The van der Waals surface area contributed by atoms with Crippen molar-refractivity contribution in [3.05, 3.63) is 64.7 Å². The number of benzene rings is 2. The number of esters is 1. The lowest BCUT2D eigenvalue weighted by atomic mass is 10.1.